The van der Waals surface area contributed by atoms with E-state index in [2.05, 4.69) is 10.1 Å². The molecule has 0 saturated carbocycles. The van der Waals surface area contributed by atoms with Gasteiger partial charge in [-0.25, -0.2) is 0 Å². The van der Waals surface area contributed by atoms with Crippen LogP contribution in [0.3, 0.4) is 0 Å². The molecule has 1 aromatic carbocycles. The molecule has 0 radical (unpaired) electrons. The summed E-state index contributed by atoms with van der Waals surface area (Å²) in [4.78, 5) is 13.5. The maximum atomic E-state index is 12.0. The van der Waals surface area contributed by atoms with Crippen molar-refractivity contribution in [2.45, 2.75) is 13.5 Å². The number of nitrogens with one attached hydrogen (secondary N) is 1. The summed E-state index contributed by atoms with van der Waals surface area (Å²) >= 11 is 1.39. The molecule has 0 aliphatic rings. The molecule has 0 spiro atoms. The van der Waals surface area contributed by atoms with E-state index in [0.29, 0.717) is 10.6 Å². The molecule has 6 heteroatoms. The summed E-state index contributed by atoms with van der Waals surface area (Å²) in [5.41, 5.74) is 0.526. The second-order valence-corrected chi connectivity index (χ2v) is 5.06. The minimum Gasteiger partial charge on any atom is -0.435 e. The van der Waals surface area contributed by atoms with Crippen LogP contribution in [0.2, 0.25) is 0 Å². The zero-order valence-electron chi connectivity index (χ0n) is 10.0. The molecule has 19 heavy (non-hydrogen) atoms. The van der Waals surface area contributed by atoms with Crippen molar-refractivity contribution in [2.75, 3.05) is 5.32 Å². The van der Waals surface area contributed by atoms with Crippen LogP contribution in [0.1, 0.15) is 14.5 Å². The van der Waals surface area contributed by atoms with Gasteiger partial charge in [0.2, 0.25) is 0 Å². The summed E-state index contributed by atoms with van der Waals surface area (Å²) in [7, 11) is 0. The van der Waals surface area contributed by atoms with Crippen molar-refractivity contribution < 1.29 is 18.3 Å². The van der Waals surface area contributed by atoms with Crippen molar-refractivity contribution in [2.24, 2.45) is 0 Å². The molecule has 0 fully saturated rings. The number of halogens is 2. The molecule has 1 heterocycles. The monoisotopic (exact) mass is 283 g/mol. The molecule has 0 aliphatic carbocycles. The molecule has 0 unspecified atom stereocenters. The Morgan fingerprint density at radius 2 is 1.89 bits per heavy atom. The van der Waals surface area contributed by atoms with E-state index in [1.165, 1.54) is 35.6 Å². The summed E-state index contributed by atoms with van der Waals surface area (Å²) in [6.45, 7) is -0.938. The van der Waals surface area contributed by atoms with Crippen LogP contribution in [0.25, 0.3) is 0 Å². The van der Waals surface area contributed by atoms with E-state index in [4.69, 9.17) is 0 Å². The first-order valence-electron chi connectivity index (χ1n) is 5.47. The Labute approximate surface area is 112 Å². The molecule has 0 aliphatic heterocycles. The van der Waals surface area contributed by atoms with Crippen molar-refractivity contribution in [3.05, 3.63) is 46.2 Å². The molecule has 0 saturated heterocycles. The third-order valence-electron chi connectivity index (χ3n) is 2.30. The lowest BCUT2D eigenvalue weighted by Gasteiger charge is -2.06. The lowest BCUT2D eigenvalue weighted by atomic mass is 10.3. The van der Waals surface area contributed by atoms with Crippen molar-refractivity contribution in [1.82, 2.24) is 0 Å². The fourth-order valence-corrected chi connectivity index (χ4v) is 2.23. The van der Waals surface area contributed by atoms with Crippen molar-refractivity contribution >= 4 is 22.9 Å². The number of ether oxygens (including phenoxy) is 1. The number of hydrogen-bond donors (Lipinski definition) is 1. The first-order valence-corrected chi connectivity index (χ1v) is 6.29. The van der Waals surface area contributed by atoms with Gasteiger partial charge in [0, 0.05) is 10.6 Å². The predicted molar refractivity (Wildman–Crippen MR) is 70.1 cm³/mol. The Balaban J connectivity index is 2.01. The summed E-state index contributed by atoms with van der Waals surface area (Å²) in [6, 6.07) is 9.37. The molecule has 1 N–H and O–H groups in total. The highest BCUT2D eigenvalue weighted by atomic mass is 32.1. The predicted octanol–water partition coefficient (Wildman–Crippen LogP) is 3.91. The largest absolute Gasteiger partial charge is 0.435 e. The number of benzene rings is 1. The van der Waals surface area contributed by atoms with Gasteiger partial charge in [0.25, 0.3) is 5.91 Å². The van der Waals surface area contributed by atoms with Gasteiger partial charge in [0.15, 0.2) is 0 Å². The Kier molecular flexibility index (Phi) is 4.11. The number of amides is 1. The zero-order valence-corrected chi connectivity index (χ0v) is 10.8. The van der Waals surface area contributed by atoms with Gasteiger partial charge in [0.05, 0.1) is 4.88 Å². The minimum absolute atomic E-state index is 0.0555. The number of aryl methyl sites for hydroxylation is 1. The second-order valence-electron chi connectivity index (χ2n) is 3.77. The summed E-state index contributed by atoms with van der Waals surface area (Å²) < 4.78 is 28.1. The van der Waals surface area contributed by atoms with E-state index < -0.39 is 6.61 Å². The third kappa shape index (κ3) is 3.75. The fraction of sp³-hybridized carbons (Fsp3) is 0.154. The van der Waals surface area contributed by atoms with Crippen molar-refractivity contribution in [3.8, 4) is 5.75 Å². The van der Waals surface area contributed by atoms with Crippen molar-refractivity contribution in [1.29, 1.82) is 0 Å². The third-order valence-corrected chi connectivity index (χ3v) is 3.30. The highest BCUT2D eigenvalue weighted by Crippen LogP contribution is 2.20. The van der Waals surface area contributed by atoms with Crippen LogP contribution in [0.5, 0.6) is 5.75 Å². The highest BCUT2D eigenvalue weighted by Gasteiger charge is 2.09. The minimum atomic E-state index is -2.85. The van der Waals surface area contributed by atoms with Gasteiger partial charge in [-0.05, 0) is 43.3 Å². The van der Waals surface area contributed by atoms with Gasteiger partial charge in [-0.15, -0.1) is 11.3 Å². The standard InChI is InChI=1S/C13H11F2NO2S/c1-8-2-7-11(19-8)12(17)16-9-3-5-10(6-4-9)18-13(14)15/h2-7,13H,1H3,(H,16,17). The number of rotatable bonds is 4. The quantitative estimate of drug-likeness (QED) is 0.923. The van der Waals surface area contributed by atoms with E-state index in [-0.39, 0.29) is 11.7 Å². The maximum absolute atomic E-state index is 12.0. The van der Waals surface area contributed by atoms with Crippen LogP contribution < -0.4 is 10.1 Å². The van der Waals surface area contributed by atoms with E-state index in [1.807, 2.05) is 13.0 Å². The first-order chi connectivity index (χ1) is 9.04. The molecular weight excluding hydrogens is 272 g/mol. The van der Waals surface area contributed by atoms with Crippen molar-refractivity contribution in [3.63, 3.8) is 0 Å². The Morgan fingerprint density at radius 1 is 1.21 bits per heavy atom. The maximum Gasteiger partial charge on any atom is 0.387 e. The zero-order chi connectivity index (χ0) is 13.8. The van der Waals surface area contributed by atoms with E-state index >= 15 is 0 Å². The molecule has 0 bridgehead atoms. The molecule has 3 nitrogen and oxygen atoms in total. The molecule has 2 aromatic rings. The van der Waals surface area contributed by atoms with Crippen LogP contribution in [0, 0.1) is 6.92 Å². The number of hydrogen-bond acceptors (Lipinski definition) is 3. The van der Waals surface area contributed by atoms with E-state index in [1.54, 1.807) is 6.07 Å². The smallest absolute Gasteiger partial charge is 0.387 e. The van der Waals surface area contributed by atoms with Gasteiger partial charge in [-0.3, -0.25) is 4.79 Å². The first kappa shape index (κ1) is 13.5. The van der Waals surface area contributed by atoms with Crippen LogP contribution in [-0.2, 0) is 0 Å². The van der Waals surface area contributed by atoms with Gasteiger partial charge in [-0.1, -0.05) is 0 Å². The number of alkyl halides is 2. The molecule has 0 atom stereocenters. The number of carbonyl (C=O) groups excluding carboxylic acids is 1. The molecule has 1 amide bonds. The molecule has 1 aromatic heterocycles. The topological polar surface area (TPSA) is 38.3 Å². The molecular formula is C13H11F2NO2S. The lowest BCUT2D eigenvalue weighted by molar-refractivity contribution is -0.0498. The SMILES string of the molecule is Cc1ccc(C(=O)Nc2ccc(OC(F)F)cc2)s1. The number of anilines is 1. The lowest BCUT2D eigenvalue weighted by Crippen LogP contribution is -2.10. The van der Waals surface area contributed by atoms with Crippen LogP contribution in [0.4, 0.5) is 14.5 Å². The van der Waals surface area contributed by atoms with Gasteiger partial charge in [0.1, 0.15) is 5.75 Å². The number of carbonyl (C=O) groups is 1. The van der Waals surface area contributed by atoms with Gasteiger partial charge in [-0.2, -0.15) is 8.78 Å². The molecule has 100 valence electrons. The Morgan fingerprint density at radius 3 is 2.42 bits per heavy atom. The Bertz CT molecular complexity index is 566. The van der Waals surface area contributed by atoms with Gasteiger partial charge >= 0.3 is 6.61 Å². The average Bonchev–Trinajstić information content (AvgIpc) is 2.78. The Hall–Kier alpha value is -1.95. The highest BCUT2D eigenvalue weighted by molar-refractivity contribution is 7.14. The average molecular weight is 283 g/mol. The fourth-order valence-electron chi connectivity index (χ4n) is 1.47. The van der Waals surface area contributed by atoms with E-state index in [0.717, 1.165) is 4.88 Å². The summed E-state index contributed by atoms with van der Waals surface area (Å²) in [6.07, 6.45) is 0. The van der Waals surface area contributed by atoms with Gasteiger partial charge < -0.3 is 10.1 Å². The number of thiophene rings is 1. The normalized spacial score (nSPS) is 10.5. The van der Waals surface area contributed by atoms with Crippen LogP contribution in [-0.4, -0.2) is 12.5 Å². The summed E-state index contributed by atoms with van der Waals surface area (Å²) in [5.74, 6) is -0.166. The van der Waals surface area contributed by atoms with Crippen LogP contribution >= 0.6 is 11.3 Å². The van der Waals surface area contributed by atoms with Crippen LogP contribution in [0.15, 0.2) is 36.4 Å². The molecule has 2 rings (SSSR count). The van der Waals surface area contributed by atoms with E-state index in [9.17, 15) is 13.6 Å². The summed E-state index contributed by atoms with van der Waals surface area (Å²) in [5, 5.41) is 2.68. The second kappa shape index (κ2) is 5.79.